The van der Waals surface area contributed by atoms with Crippen molar-refractivity contribution in [3.8, 4) is 0 Å². The minimum absolute atomic E-state index is 0.0199. The van der Waals surface area contributed by atoms with Crippen LogP contribution in [0.1, 0.15) is 138 Å². The van der Waals surface area contributed by atoms with E-state index in [9.17, 15) is 24.3 Å². The van der Waals surface area contributed by atoms with Crippen LogP contribution >= 0.6 is 0 Å². The maximum absolute atomic E-state index is 14.6. The molecule has 0 aliphatic heterocycles. The lowest BCUT2D eigenvalue weighted by molar-refractivity contribution is -0.233. The number of carboxylic acid groups (broad SMARTS) is 1. The van der Waals surface area contributed by atoms with Gasteiger partial charge in [-0.05, 0) is 129 Å². The molecular weight excluding hydrogens is 628 g/mol. The van der Waals surface area contributed by atoms with Gasteiger partial charge >= 0.3 is 11.9 Å². The summed E-state index contributed by atoms with van der Waals surface area (Å²) >= 11 is 0. The van der Waals surface area contributed by atoms with Gasteiger partial charge in [0.05, 0.1) is 17.3 Å². The van der Waals surface area contributed by atoms with E-state index in [-0.39, 0.29) is 64.0 Å². The molecule has 50 heavy (non-hydrogen) atoms. The molecule has 5 aliphatic carbocycles. The zero-order valence-electron chi connectivity index (χ0n) is 32.2. The molecule has 0 radical (unpaired) electrons. The highest BCUT2D eigenvalue weighted by Crippen LogP contribution is 2.77. The number of carbonyl (C=O) groups excluding carboxylic acids is 3. The van der Waals surface area contributed by atoms with Crippen molar-refractivity contribution in [2.45, 2.75) is 146 Å². The number of carboxylic acids is 1. The summed E-state index contributed by atoms with van der Waals surface area (Å²) in [5.74, 6) is -0.0433. The largest absolute Gasteiger partial charge is 0.481 e. The molecule has 0 unspecified atom stereocenters. The number of allylic oxidation sites excluding steroid dienone is 2. The molecule has 8 nitrogen and oxygen atoms in total. The second-order valence-electron chi connectivity index (χ2n) is 19.2. The van der Waals surface area contributed by atoms with Crippen molar-refractivity contribution in [2.24, 2.45) is 56.2 Å². The van der Waals surface area contributed by atoms with Crippen LogP contribution in [0.15, 0.2) is 23.7 Å². The van der Waals surface area contributed by atoms with E-state index in [1.54, 1.807) is 20.0 Å². The summed E-state index contributed by atoms with van der Waals surface area (Å²) < 4.78 is 6.15. The lowest BCUT2D eigenvalue weighted by Crippen LogP contribution is -2.66. The number of aromatic nitrogens is 2. The fourth-order valence-electron chi connectivity index (χ4n) is 12.7. The summed E-state index contributed by atoms with van der Waals surface area (Å²) in [6.45, 7) is 21.4. The molecule has 4 fully saturated rings. The maximum Gasteiger partial charge on any atom is 0.309 e. The molecule has 1 aromatic heterocycles. The average Bonchev–Trinajstić information content (AvgIpc) is 3.33. The van der Waals surface area contributed by atoms with Crippen LogP contribution in [0.3, 0.4) is 0 Å². The number of Topliss-reactive ketones (excluding diaryl/α,β-unsaturated/α-hetero) is 2. The van der Waals surface area contributed by atoms with E-state index in [0.717, 1.165) is 61.8 Å². The van der Waals surface area contributed by atoms with E-state index in [0.29, 0.717) is 24.7 Å². The first kappa shape index (κ1) is 36.9. The van der Waals surface area contributed by atoms with E-state index in [4.69, 9.17) is 4.74 Å². The van der Waals surface area contributed by atoms with Gasteiger partial charge in [0.15, 0.2) is 5.78 Å². The van der Waals surface area contributed by atoms with Gasteiger partial charge in [-0.15, -0.1) is 0 Å². The molecule has 0 bridgehead atoms. The number of hydrogen-bond acceptors (Lipinski definition) is 7. The van der Waals surface area contributed by atoms with Crippen molar-refractivity contribution >= 4 is 23.5 Å². The zero-order chi connectivity index (χ0) is 36.8. The number of fused-ring (bicyclic) bond motifs is 7. The molecule has 0 amide bonds. The molecular formula is C42H60N2O6. The molecule has 0 saturated heterocycles. The van der Waals surface area contributed by atoms with Crippen LogP contribution < -0.4 is 0 Å². The molecule has 4 saturated carbocycles. The van der Waals surface area contributed by atoms with Crippen LogP contribution in [-0.4, -0.2) is 44.7 Å². The van der Waals surface area contributed by atoms with Gasteiger partial charge in [-0.1, -0.05) is 48.5 Å². The normalized spacial score (nSPS) is 37.8. The van der Waals surface area contributed by atoms with E-state index >= 15 is 0 Å². The van der Waals surface area contributed by atoms with Gasteiger partial charge in [0.1, 0.15) is 18.2 Å². The summed E-state index contributed by atoms with van der Waals surface area (Å²) in [6, 6.07) is 0. The Morgan fingerprint density at radius 2 is 1.66 bits per heavy atom. The monoisotopic (exact) mass is 688 g/mol. The average molecular weight is 689 g/mol. The molecule has 1 N–H and O–H groups in total. The highest BCUT2D eigenvalue weighted by molar-refractivity contribution is 6.07. The Hall–Kier alpha value is -2.90. The Morgan fingerprint density at radius 1 is 0.960 bits per heavy atom. The molecule has 8 atom stereocenters. The molecule has 1 heterocycles. The smallest absolute Gasteiger partial charge is 0.309 e. The number of hydrogen-bond donors (Lipinski definition) is 1. The van der Waals surface area contributed by atoms with Crippen molar-refractivity contribution in [1.29, 1.82) is 0 Å². The molecule has 8 heteroatoms. The Bertz CT molecular complexity index is 1640. The van der Waals surface area contributed by atoms with Crippen LogP contribution in [-0.2, 0) is 30.3 Å². The number of ether oxygens (including phenoxy) is 1. The number of nitrogens with zero attached hydrogens (tertiary/aromatic N) is 2. The summed E-state index contributed by atoms with van der Waals surface area (Å²) in [4.78, 5) is 61.9. The quantitative estimate of drug-likeness (QED) is 0.271. The molecule has 5 aliphatic rings. The maximum atomic E-state index is 14.6. The number of carbonyl (C=O) groups is 4. The second kappa shape index (κ2) is 12.1. The van der Waals surface area contributed by atoms with Gasteiger partial charge in [0, 0.05) is 30.1 Å². The third-order valence-electron chi connectivity index (χ3n) is 15.7. The highest BCUT2D eigenvalue weighted by atomic mass is 16.5. The number of rotatable bonds is 8. The Balaban J connectivity index is 1.31. The highest BCUT2D eigenvalue weighted by Gasteiger charge is 2.71. The molecule has 274 valence electrons. The van der Waals surface area contributed by atoms with Gasteiger partial charge in [-0.3, -0.25) is 19.2 Å². The minimum Gasteiger partial charge on any atom is -0.481 e. The van der Waals surface area contributed by atoms with E-state index in [1.807, 2.05) is 6.92 Å². The van der Waals surface area contributed by atoms with Gasteiger partial charge < -0.3 is 9.84 Å². The van der Waals surface area contributed by atoms with Crippen molar-refractivity contribution < 1.29 is 29.0 Å². The van der Waals surface area contributed by atoms with Crippen LogP contribution in [0.5, 0.6) is 0 Å². The van der Waals surface area contributed by atoms with Crippen LogP contribution in [0.2, 0.25) is 0 Å². The van der Waals surface area contributed by atoms with Crippen molar-refractivity contribution in [2.75, 3.05) is 0 Å². The van der Waals surface area contributed by atoms with Crippen molar-refractivity contribution in [3.63, 3.8) is 0 Å². The number of ketones is 2. The fraction of sp³-hybridized carbons (Fsp3) is 0.762. The predicted molar refractivity (Wildman–Crippen MR) is 191 cm³/mol. The first-order chi connectivity index (χ1) is 23.2. The summed E-state index contributed by atoms with van der Waals surface area (Å²) in [5, 5.41) is 9.59. The predicted octanol–water partition coefficient (Wildman–Crippen LogP) is 8.29. The number of esters is 1. The van der Waals surface area contributed by atoms with E-state index in [1.165, 1.54) is 11.9 Å². The minimum atomic E-state index is -1.17. The first-order valence-corrected chi connectivity index (χ1v) is 19.1. The van der Waals surface area contributed by atoms with Crippen LogP contribution in [0.25, 0.3) is 0 Å². The van der Waals surface area contributed by atoms with Crippen molar-refractivity contribution in [1.82, 2.24) is 9.97 Å². The Morgan fingerprint density at radius 3 is 2.30 bits per heavy atom. The molecule has 0 spiro atoms. The third-order valence-corrected chi connectivity index (χ3v) is 15.7. The lowest BCUT2D eigenvalue weighted by Gasteiger charge is -2.72. The van der Waals surface area contributed by atoms with Crippen molar-refractivity contribution in [3.05, 3.63) is 34.9 Å². The second-order valence-corrected chi connectivity index (χ2v) is 19.2. The summed E-state index contributed by atoms with van der Waals surface area (Å²) in [5.41, 5.74) is 1.60. The van der Waals surface area contributed by atoms with E-state index < -0.39 is 22.8 Å². The number of aliphatic carboxylic acids is 1. The summed E-state index contributed by atoms with van der Waals surface area (Å²) in [6.07, 6.45) is 10.9. The molecule has 1 aromatic rings. The standard InChI is InChI=1S/C42H60N2O6/c1-24(2)34-28(45)20-42(31(46)19-26-22-43-23-44-25(26)3)18-17-40(9)27(35(34)42)11-12-30-39(8)15-14-32(50-33(47)21-37(4,5)36(48)49)38(6,7)29(39)13-16-41(30,40)10/h22-24,27,29-30,32H,11-21H2,1-10H3,(H,48,49)/t27-,29+,30-,32+,39+,40-,41-,42+/m1/s1. The molecule has 0 aromatic carbocycles. The van der Waals surface area contributed by atoms with Gasteiger partial charge in [-0.25, -0.2) is 9.97 Å². The van der Waals surface area contributed by atoms with Gasteiger partial charge in [0.25, 0.3) is 0 Å². The van der Waals surface area contributed by atoms with Crippen LogP contribution in [0, 0.1) is 63.1 Å². The van der Waals surface area contributed by atoms with E-state index in [2.05, 4.69) is 58.4 Å². The molecule has 6 rings (SSSR count). The zero-order valence-corrected chi connectivity index (χ0v) is 32.2. The van der Waals surface area contributed by atoms with Gasteiger partial charge in [0.2, 0.25) is 0 Å². The Kier molecular flexibility index (Phi) is 8.91. The SMILES string of the molecule is Cc1ncncc1CC(=O)[C@@]12CC[C@]3(C)[C@H](CC[C@@H]4[C@@]5(C)CC[C@H](OC(=O)CC(C)(C)C(=O)O)C(C)(C)[C@@H]5CC[C@]43C)C1=C(C(C)C)C(=O)C2. The third kappa shape index (κ3) is 5.26. The number of aryl methyl sites for hydroxylation is 1. The fourth-order valence-corrected chi connectivity index (χ4v) is 12.7. The topological polar surface area (TPSA) is 124 Å². The van der Waals surface area contributed by atoms with Crippen LogP contribution in [0.4, 0.5) is 0 Å². The Labute approximate surface area is 299 Å². The first-order valence-electron chi connectivity index (χ1n) is 19.1. The summed E-state index contributed by atoms with van der Waals surface area (Å²) in [7, 11) is 0. The van der Waals surface area contributed by atoms with Gasteiger partial charge in [-0.2, -0.15) is 0 Å². The lowest BCUT2D eigenvalue weighted by atomic mass is 9.33.